The number of halogens is 3. The van der Waals surface area contributed by atoms with Crippen LogP contribution >= 0.6 is 0 Å². The van der Waals surface area contributed by atoms with Crippen molar-refractivity contribution in [3.63, 3.8) is 0 Å². The molecule has 1 aromatic heterocycles. The Morgan fingerprint density at radius 2 is 1.94 bits per heavy atom. The number of aliphatic hydroxyl groups excluding tert-OH is 1. The van der Waals surface area contributed by atoms with E-state index in [1.807, 2.05) is 0 Å². The van der Waals surface area contributed by atoms with Gasteiger partial charge in [0.05, 0.1) is 16.9 Å². The summed E-state index contributed by atoms with van der Waals surface area (Å²) in [6, 6.07) is 7.50. The number of aliphatic imine (C=N–C) groups is 1. The second kappa shape index (κ2) is 10.8. The maximum atomic E-state index is 13.7. The molecule has 2 rings (SSSR count). The van der Waals surface area contributed by atoms with Gasteiger partial charge in [-0.1, -0.05) is 18.2 Å². The number of aromatic nitrogens is 1. The van der Waals surface area contributed by atoms with E-state index in [-0.39, 0.29) is 28.6 Å². The van der Waals surface area contributed by atoms with Crippen LogP contribution in [0.1, 0.15) is 17.4 Å². The molecule has 33 heavy (non-hydrogen) atoms. The zero-order valence-electron chi connectivity index (χ0n) is 18.5. The standard InChI is InChI=1S/C21H26F3N7O2/c1-26-11-16(18(25)20(33)31(3)4)30-17-9-15(13(10-28-17)21(22,23)24)29-14-8-6-5-7-12(14)19(32)27-2/h5-11,19,27,32H,25H2,1-4H3,(H2,28,29,30). The van der Waals surface area contributed by atoms with E-state index in [0.717, 1.165) is 6.07 Å². The number of nitrogens with zero attached hydrogens (tertiary/aromatic N) is 3. The van der Waals surface area contributed by atoms with Crippen LogP contribution < -0.4 is 21.7 Å². The van der Waals surface area contributed by atoms with Gasteiger partial charge in [0.2, 0.25) is 0 Å². The van der Waals surface area contributed by atoms with Crippen LogP contribution in [0.2, 0.25) is 0 Å². The van der Waals surface area contributed by atoms with E-state index in [4.69, 9.17) is 5.73 Å². The normalized spacial score (nSPS) is 13.5. The van der Waals surface area contributed by atoms with Crippen LogP contribution in [0.3, 0.4) is 0 Å². The number of hydrogen-bond acceptors (Lipinski definition) is 8. The number of nitrogens with two attached hydrogens (primary N) is 1. The minimum Gasteiger partial charge on any atom is -0.393 e. The topological polar surface area (TPSA) is 128 Å². The summed E-state index contributed by atoms with van der Waals surface area (Å²) in [6.07, 6.45) is -3.88. The molecule has 0 aliphatic rings. The smallest absolute Gasteiger partial charge is 0.393 e. The number of carbonyl (C=O) groups excluding carboxylic acids is 1. The molecule has 0 bridgehead atoms. The Balaban J connectivity index is 2.55. The molecule has 1 aromatic carbocycles. The van der Waals surface area contributed by atoms with Crippen molar-refractivity contribution in [1.29, 1.82) is 0 Å². The van der Waals surface area contributed by atoms with Crippen molar-refractivity contribution in [2.75, 3.05) is 38.8 Å². The van der Waals surface area contributed by atoms with Gasteiger partial charge in [-0.25, -0.2) is 4.98 Å². The van der Waals surface area contributed by atoms with Crippen LogP contribution in [0, 0.1) is 0 Å². The number of hydrogen-bond donors (Lipinski definition) is 5. The van der Waals surface area contributed by atoms with Crippen molar-refractivity contribution in [3.8, 4) is 0 Å². The summed E-state index contributed by atoms with van der Waals surface area (Å²) >= 11 is 0. The molecule has 9 nitrogen and oxygen atoms in total. The predicted molar refractivity (Wildman–Crippen MR) is 121 cm³/mol. The first-order chi connectivity index (χ1) is 15.5. The van der Waals surface area contributed by atoms with Gasteiger partial charge in [-0.2, -0.15) is 13.2 Å². The van der Waals surface area contributed by atoms with E-state index >= 15 is 0 Å². The van der Waals surface area contributed by atoms with E-state index in [0.29, 0.717) is 11.8 Å². The fourth-order valence-corrected chi connectivity index (χ4v) is 2.80. The molecule has 0 saturated carbocycles. The SMILES string of the molecule is CN=CC(Nc1cc(Nc2ccccc2C(O)NC)c(C(F)(F)F)cn1)=C(N)C(=O)N(C)C. The summed E-state index contributed by atoms with van der Waals surface area (Å²) in [7, 11) is 5.97. The molecule has 1 unspecified atom stereocenters. The van der Waals surface area contributed by atoms with Crippen molar-refractivity contribution in [2.45, 2.75) is 12.4 Å². The van der Waals surface area contributed by atoms with Gasteiger partial charge in [0.25, 0.3) is 5.91 Å². The largest absolute Gasteiger partial charge is 0.419 e. The van der Waals surface area contributed by atoms with Crippen molar-refractivity contribution in [3.05, 3.63) is 59.0 Å². The number of allylic oxidation sites excluding steroid dienone is 1. The average molecular weight is 465 g/mol. The molecule has 178 valence electrons. The van der Waals surface area contributed by atoms with Gasteiger partial charge in [0.1, 0.15) is 17.7 Å². The predicted octanol–water partition coefficient (Wildman–Crippen LogP) is 2.43. The first-order valence-electron chi connectivity index (χ1n) is 9.68. The Kier molecular flexibility index (Phi) is 8.38. The van der Waals surface area contributed by atoms with Crippen LogP contribution in [0.5, 0.6) is 0 Å². The maximum absolute atomic E-state index is 13.7. The fraction of sp³-hybridized carbons (Fsp3) is 0.286. The monoisotopic (exact) mass is 465 g/mol. The maximum Gasteiger partial charge on any atom is 0.419 e. The lowest BCUT2D eigenvalue weighted by Crippen LogP contribution is -2.30. The number of para-hydroxylation sites is 1. The van der Waals surface area contributed by atoms with Gasteiger partial charge in [-0.05, 0) is 13.1 Å². The number of likely N-dealkylation sites (N-methyl/N-ethyl adjacent to an activating group) is 1. The highest BCUT2D eigenvalue weighted by Gasteiger charge is 2.34. The van der Waals surface area contributed by atoms with Crippen molar-refractivity contribution < 1.29 is 23.1 Å². The molecule has 1 heterocycles. The van der Waals surface area contributed by atoms with E-state index < -0.39 is 23.9 Å². The Hall–Kier alpha value is -3.64. The van der Waals surface area contributed by atoms with Crippen LogP contribution in [0.25, 0.3) is 0 Å². The number of carbonyl (C=O) groups is 1. The van der Waals surface area contributed by atoms with Gasteiger partial charge < -0.3 is 26.4 Å². The molecule has 0 spiro atoms. The third kappa shape index (κ3) is 6.43. The molecule has 0 aliphatic carbocycles. The second-order valence-electron chi connectivity index (χ2n) is 7.06. The van der Waals surface area contributed by atoms with E-state index in [1.54, 1.807) is 18.2 Å². The zero-order chi connectivity index (χ0) is 24.8. The van der Waals surface area contributed by atoms with E-state index in [1.165, 1.54) is 45.4 Å². The quantitative estimate of drug-likeness (QED) is 0.230. The number of anilines is 3. The van der Waals surface area contributed by atoms with Crippen LogP contribution in [-0.4, -0.2) is 55.3 Å². The summed E-state index contributed by atoms with van der Waals surface area (Å²) in [5.41, 5.74) is 5.05. The van der Waals surface area contributed by atoms with Crippen LogP contribution in [0.15, 0.2) is 52.9 Å². The van der Waals surface area contributed by atoms with Crippen molar-refractivity contribution in [1.82, 2.24) is 15.2 Å². The highest BCUT2D eigenvalue weighted by atomic mass is 19.4. The van der Waals surface area contributed by atoms with Gasteiger partial charge in [0, 0.05) is 50.9 Å². The fourth-order valence-electron chi connectivity index (χ4n) is 2.80. The second-order valence-corrected chi connectivity index (χ2v) is 7.06. The summed E-state index contributed by atoms with van der Waals surface area (Å²) < 4.78 is 41.0. The number of amides is 1. The highest BCUT2D eigenvalue weighted by molar-refractivity contribution is 6.00. The van der Waals surface area contributed by atoms with E-state index in [2.05, 4.69) is 25.9 Å². The van der Waals surface area contributed by atoms with Gasteiger partial charge in [-0.15, -0.1) is 0 Å². The number of nitrogens with one attached hydrogen (secondary N) is 3. The molecular formula is C21H26F3N7O2. The molecular weight excluding hydrogens is 439 g/mol. The molecule has 1 amide bonds. The Bertz CT molecular complexity index is 1050. The molecule has 0 saturated heterocycles. The molecule has 0 radical (unpaired) electrons. The summed E-state index contributed by atoms with van der Waals surface area (Å²) in [5, 5.41) is 18.2. The van der Waals surface area contributed by atoms with Crippen molar-refractivity contribution >= 4 is 29.3 Å². The number of aliphatic hydroxyl groups is 1. The van der Waals surface area contributed by atoms with Gasteiger partial charge in [0.15, 0.2) is 0 Å². The van der Waals surface area contributed by atoms with Gasteiger partial charge in [-0.3, -0.25) is 15.1 Å². The molecule has 2 aromatic rings. The van der Waals surface area contributed by atoms with Crippen LogP contribution in [-0.2, 0) is 11.0 Å². The lowest BCUT2D eigenvalue weighted by molar-refractivity contribution is -0.137. The lowest BCUT2D eigenvalue weighted by atomic mass is 10.1. The number of benzene rings is 1. The minimum absolute atomic E-state index is 0.0125. The summed E-state index contributed by atoms with van der Waals surface area (Å²) in [6.45, 7) is 0. The Labute approximate surface area is 189 Å². The zero-order valence-corrected chi connectivity index (χ0v) is 18.5. The van der Waals surface area contributed by atoms with Crippen LogP contribution in [0.4, 0.5) is 30.4 Å². The minimum atomic E-state index is -4.70. The van der Waals surface area contributed by atoms with Gasteiger partial charge >= 0.3 is 6.18 Å². The van der Waals surface area contributed by atoms with Crippen molar-refractivity contribution in [2.24, 2.45) is 10.7 Å². The van der Waals surface area contributed by atoms with E-state index in [9.17, 15) is 23.1 Å². The third-order valence-electron chi connectivity index (χ3n) is 4.46. The lowest BCUT2D eigenvalue weighted by Gasteiger charge is -2.20. The average Bonchev–Trinajstić information content (AvgIpc) is 2.77. The molecule has 6 N–H and O–H groups in total. The summed E-state index contributed by atoms with van der Waals surface area (Å²) in [4.78, 5) is 21.1. The molecule has 1 atom stereocenters. The number of rotatable bonds is 8. The third-order valence-corrected chi connectivity index (χ3v) is 4.46. The number of pyridine rings is 1. The molecule has 12 heteroatoms. The Morgan fingerprint density at radius 1 is 1.27 bits per heavy atom. The number of alkyl halides is 3. The first kappa shape index (κ1) is 25.6. The highest BCUT2D eigenvalue weighted by Crippen LogP contribution is 2.37. The first-order valence-corrected chi connectivity index (χ1v) is 9.68. The summed E-state index contributed by atoms with van der Waals surface area (Å²) in [5.74, 6) is -0.529. The Morgan fingerprint density at radius 3 is 2.52 bits per heavy atom. The molecule has 0 fully saturated rings. The molecule has 0 aliphatic heterocycles.